The summed E-state index contributed by atoms with van der Waals surface area (Å²) in [5.41, 5.74) is 0.926. The van der Waals surface area contributed by atoms with E-state index in [9.17, 15) is 18.4 Å². The number of sulfonamides is 1. The number of benzene rings is 2. The maximum atomic E-state index is 12.9. The van der Waals surface area contributed by atoms with Crippen molar-refractivity contribution in [3.8, 4) is 11.3 Å². The van der Waals surface area contributed by atoms with Gasteiger partial charge in [0, 0.05) is 28.5 Å². The number of carbonyl (C=O) groups is 1. The second-order valence-corrected chi connectivity index (χ2v) is 9.04. The second-order valence-electron chi connectivity index (χ2n) is 6.95. The summed E-state index contributed by atoms with van der Waals surface area (Å²) in [7, 11) is -4.06. The molecule has 0 radical (unpaired) electrons. The van der Waals surface area contributed by atoms with Gasteiger partial charge in [0.1, 0.15) is 0 Å². The van der Waals surface area contributed by atoms with Crippen molar-refractivity contribution in [2.24, 2.45) is 4.99 Å². The minimum atomic E-state index is -4.06. The van der Waals surface area contributed by atoms with Gasteiger partial charge < -0.3 is 9.62 Å². The quantitative estimate of drug-likeness (QED) is 0.414. The van der Waals surface area contributed by atoms with Gasteiger partial charge in [-0.15, -0.1) is 0 Å². The summed E-state index contributed by atoms with van der Waals surface area (Å²) in [5, 5.41) is 10.6. The average Bonchev–Trinajstić information content (AvgIpc) is 3.28. The predicted molar refractivity (Wildman–Crippen MR) is 120 cm³/mol. The van der Waals surface area contributed by atoms with Gasteiger partial charge >= 0.3 is 5.91 Å². The molecule has 0 aliphatic heterocycles. The Morgan fingerprint density at radius 2 is 1.85 bits per heavy atom. The maximum absolute atomic E-state index is 12.9. The lowest BCUT2D eigenvalue weighted by molar-refractivity contribution is 0.0955. The molecule has 2 N–H and O–H groups in total. The van der Waals surface area contributed by atoms with Crippen molar-refractivity contribution in [2.75, 3.05) is 4.72 Å². The fourth-order valence-corrected chi connectivity index (χ4v) is 4.39. The second kappa shape index (κ2) is 8.93. The average molecular weight is 485 g/mol. The Morgan fingerprint density at radius 3 is 2.55 bits per heavy atom. The van der Waals surface area contributed by atoms with Crippen molar-refractivity contribution in [1.29, 1.82) is 0 Å². The van der Waals surface area contributed by atoms with Crippen molar-refractivity contribution in [1.82, 2.24) is 9.71 Å². The lowest BCUT2D eigenvalue weighted by Crippen LogP contribution is -2.25. The molecule has 0 aliphatic rings. The number of hydrogen-bond acceptors (Lipinski definition) is 6. The van der Waals surface area contributed by atoms with Crippen LogP contribution in [0.4, 0.5) is 5.69 Å². The number of amides is 1. The molecule has 1 amide bonds. The van der Waals surface area contributed by atoms with Gasteiger partial charge in [-0.3, -0.25) is 9.52 Å². The fourth-order valence-electron chi connectivity index (χ4n) is 2.97. The van der Waals surface area contributed by atoms with Crippen LogP contribution in [-0.4, -0.2) is 29.2 Å². The Labute approximate surface area is 193 Å². The lowest BCUT2D eigenvalue weighted by atomic mass is 10.2. The summed E-state index contributed by atoms with van der Waals surface area (Å²) in [4.78, 5) is 20.1. The summed E-state index contributed by atoms with van der Waals surface area (Å²) < 4.78 is 34.2. The molecule has 11 heteroatoms. The minimum Gasteiger partial charge on any atom is -0.432 e. The summed E-state index contributed by atoms with van der Waals surface area (Å²) in [6.45, 7) is 1.50. The molecule has 0 saturated carbocycles. The van der Waals surface area contributed by atoms with E-state index in [0.717, 1.165) is 17.8 Å². The van der Waals surface area contributed by atoms with E-state index in [-0.39, 0.29) is 21.8 Å². The van der Waals surface area contributed by atoms with Crippen molar-refractivity contribution in [2.45, 2.75) is 11.8 Å². The highest BCUT2D eigenvalue weighted by molar-refractivity contribution is 7.92. The minimum absolute atomic E-state index is 0.174. The van der Waals surface area contributed by atoms with Crippen LogP contribution in [0.3, 0.4) is 0 Å². The van der Waals surface area contributed by atoms with Gasteiger partial charge in [-0.1, -0.05) is 41.9 Å². The van der Waals surface area contributed by atoms with Gasteiger partial charge in [-0.2, -0.15) is 9.72 Å². The number of oxazole rings is 1. The molecule has 2 aromatic carbocycles. The molecular formula is C22H17ClN4O5S. The monoisotopic (exact) mass is 484 g/mol. The van der Waals surface area contributed by atoms with Gasteiger partial charge in [-0.05, 0) is 36.8 Å². The zero-order valence-corrected chi connectivity index (χ0v) is 18.7. The van der Waals surface area contributed by atoms with Crippen molar-refractivity contribution < 1.29 is 22.8 Å². The van der Waals surface area contributed by atoms with Crippen LogP contribution in [0.5, 0.6) is 0 Å². The van der Waals surface area contributed by atoms with Crippen molar-refractivity contribution in [3.05, 3.63) is 95.0 Å². The predicted octanol–water partition coefficient (Wildman–Crippen LogP) is 3.88. The Morgan fingerprint density at radius 1 is 1.15 bits per heavy atom. The first-order valence-electron chi connectivity index (χ1n) is 9.54. The van der Waals surface area contributed by atoms with Crippen LogP contribution in [0.25, 0.3) is 11.3 Å². The van der Waals surface area contributed by atoms with E-state index in [0.29, 0.717) is 21.2 Å². The van der Waals surface area contributed by atoms with Gasteiger partial charge in [0.2, 0.25) is 0 Å². The Bertz CT molecular complexity index is 1490. The Balaban J connectivity index is 1.67. The third kappa shape index (κ3) is 4.97. The fraction of sp³-hybridized carbons (Fsp3) is 0.0455. The molecule has 0 unspecified atom stereocenters. The molecule has 4 rings (SSSR count). The zero-order valence-electron chi connectivity index (χ0n) is 17.1. The third-order valence-electron chi connectivity index (χ3n) is 4.55. The number of halogens is 1. The van der Waals surface area contributed by atoms with Crippen molar-refractivity contribution >= 4 is 33.2 Å². The normalized spacial score (nSPS) is 12.0. The van der Waals surface area contributed by atoms with E-state index in [2.05, 4.69) is 14.7 Å². The first-order chi connectivity index (χ1) is 15.7. The van der Waals surface area contributed by atoms with Gasteiger partial charge in [-0.25, -0.2) is 13.4 Å². The number of hydrogen-bond donors (Lipinski definition) is 2. The van der Waals surface area contributed by atoms with E-state index < -0.39 is 15.9 Å². The first kappa shape index (κ1) is 22.3. The van der Waals surface area contributed by atoms with Gasteiger partial charge in [0.25, 0.3) is 15.9 Å². The smallest absolute Gasteiger partial charge is 0.334 e. The molecule has 4 aromatic rings. The zero-order chi connectivity index (χ0) is 23.6. The van der Waals surface area contributed by atoms with Crippen LogP contribution in [0, 0.1) is 6.92 Å². The highest BCUT2D eigenvalue weighted by Gasteiger charge is 2.20. The summed E-state index contributed by atoms with van der Waals surface area (Å²) in [6, 6.07) is 16.2. The molecule has 0 saturated heterocycles. The Hall–Kier alpha value is -3.89. The standard InChI is InChI=1S/C22H17ClN4O5S/c1-14-13-27(29)20(11-19(14)33(30,31)26-17-9-7-16(23)8-10-17)25-21(28)22-24-12-18(32-22)15-5-3-2-4-6-15/h2-13,26,29H,1H3. The molecule has 0 fully saturated rings. The number of nitrogens with one attached hydrogen (secondary N) is 1. The number of aryl methyl sites for hydroxylation is 1. The van der Waals surface area contributed by atoms with E-state index >= 15 is 0 Å². The molecular weight excluding hydrogens is 468 g/mol. The van der Waals surface area contributed by atoms with Crippen LogP contribution < -0.4 is 10.2 Å². The number of carbonyl (C=O) groups excluding carboxylic acids is 1. The molecule has 0 aliphatic carbocycles. The number of rotatable bonds is 5. The SMILES string of the molecule is Cc1cn(O)c(=NC(=O)c2ncc(-c3ccccc3)o2)cc1S(=O)(=O)Nc1ccc(Cl)cc1. The maximum Gasteiger partial charge on any atom is 0.334 e. The van der Waals surface area contributed by atoms with Crippen molar-refractivity contribution in [3.63, 3.8) is 0 Å². The van der Waals surface area contributed by atoms with E-state index in [1.807, 2.05) is 18.2 Å². The number of aromatic nitrogens is 2. The van der Waals surface area contributed by atoms with Gasteiger partial charge in [0.05, 0.1) is 11.1 Å². The number of nitrogens with zero attached hydrogens (tertiary/aromatic N) is 3. The van der Waals surface area contributed by atoms with E-state index in [1.165, 1.54) is 25.3 Å². The molecule has 33 heavy (non-hydrogen) atoms. The van der Waals surface area contributed by atoms with Crippen LogP contribution >= 0.6 is 11.6 Å². The topological polar surface area (TPSA) is 127 Å². The first-order valence-corrected chi connectivity index (χ1v) is 11.4. The van der Waals surface area contributed by atoms with Gasteiger partial charge in [0.15, 0.2) is 11.2 Å². The molecule has 2 aromatic heterocycles. The molecule has 0 atom stereocenters. The van der Waals surface area contributed by atoms with E-state index in [4.69, 9.17) is 16.0 Å². The van der Waals surface area contributed by atoms with Crippen LogP contribution in [0.15, 0.2) is 87.4 Å². The van der Waals surface area contributed by atoms with Crippen LogP contribution in [0.1, 0.15) is 16.2 Å². The van der Waals surface area contributed by atoms with Crippen LogP contribution in [0.2, 0.25) is 5.02 Å². The number of pyridine rings is 1. The lowest BCUT2D eigenvalue weighted by Gasteiger charge is -2.11. The summed E-state index contributed by atoms with van der Waals surface area (Å²) in [6.07, 6.45) is 2.51. The molecule has 2 heterocycles. The highest BCUT2D eigenvalue weighted by atomic mass is 35.5. The van der Waals surface area contributed by atoms with Crippen LogP contribution in [-0.2, 0) is 10.0 Å². The summed E-state index contributed by atoms with van der Waals surface area (Å²) >= 11 is 5.83. The summed E-state index contributed by atoms with van der Waals surface area (Å²) in [5.74, 6) is -0.832. The van der Waals surface area contributed by atoms with E-state index in [1.54, 1.807) is 24.3 Å². The molecule has 9 nitrogen and oxygen atoms in total. The Kier molecular flexibility index (Phi) is 6.03. The third-order valence-corrected chi connectivity index (χ3v) is 6.32. The highest BCUT2D eigenvalue weighted by Crippen LogP contribution is 2.21. The molecule has 0 spiro atoms. The number of anilines is 1. The molecule has 0 bridgehead atoms. The molecule has 168 valence electrons. The largest absolute Gasteiger partial charge is 0.432 e.